The van der Waals surface area contributed by atoms with Crippen LogP contribution in [0.2, 0.25) is 0 Å². The molecule has 1 saturated heterocycles. The Morgan fingerprint density at radius 1 is 1.19 bits per heavy atom. The second kappa shape index (κ2) is 6.34. The highest BCUT2D eigenvalue weighted by molar-refractivity contribution is 5.97. The lowest BCUT2D eigenvalue weighted by atomic mass is 9.82. The lowest BCUT2D eigenvalue weighted by molar-refractivity contribution is -0.162. The van der Waals surface area contributed by atoms with Gasteiger partial charge in [0.05, 0.1) is 6.10 Å². The van der Waals surface area contributed by atoms with Gasteiger partial charge in [0, 0.05) is 12.6 Å². The van der Waals surface area contributed by atoms with Crippen LogP contribution >= 0.6 is 0 Å². The van der Waals surface area contributed by atoms with E-state index >= 15 is 0 Å². The summed E-state index contributed by atoms with van der Waals surface area (Å²) < 4.78 is 5.59. The third-order valence-corrected chi connectivity index (χ3v) is 4.55. The molecule has 1 aliphatic heterocycles. The highest BCUT2D eigenvalue weighted by atomic mass is 16.5. The maximum absolute atomic E-state index is 12.8. The zero-order chi connectivity index (χ0) is 15.7. The molecule has 1 heterocycles. The number of hydrogen-bond acceptors (Lipinski definition) is 3. The van der Waals surface area contributed by atoms with Crippen molar-refractivity contribution in [2.24, 2.45) is 11.8 Å². The Bertz CT molecular complexity index is 402. The van der Waals surface area contributed by atoms with Gasteiger partial charge in [-0.2, -0.15) is 0 Å². The van der Waals surface area contributed by atoms with Crippen LogP contribution in [-0.4, -0.2) is 47.6 Å². The van der Waals surface area contributed by atoms with E-state index in [4.69, 9.17) is 4.74 Å². The number of nitrogens with zero attached hydrogens (tertiary/aromatic N) is 1. The number of amides is 2. The summed E-state index contributed by atoms with van der Waals surface area (Å²) in [7, 11) is 0. The number of piperazine rings is 1. The van der Waals surface area contributed by atoms with Gasteiger partial charge in [-0.25, -0.2) is 0 Å². The van der Waals surface area contributed by atoms with Crippen LogP contribution in [0.4, 0.5) is 0 Å². The molecule has 0 bridgehead atoms. The standard InChI is InChI=1S/C16H28N2O3/c1-6-21-12-7-11(8-12)18-14(10(4)5)15(19)17-13(9(2)3)16(18)20/h9-14H,6-8H2,1-5H3,(H,17,19). The number of carbonyl (C=O) groups excluding carboxylic acids is 2. The van der Waals surface area contributed by atoms with Crippen molar-refractivity contribution in [3.05, 3.63) is 0 Å². The molecule has 2 rings (SSSR count). The first kappa shape index (κ1) is 16.3. The maximum atomic E-state index is 12.8. The lowest BCUT2D eigenvalue weighted by Crippen LogP contribution is -2.70. The number of hydrogen-bond donors (Lipinski definition) is 1. The summed E-state index contributed by atoms with van der Waals surface area (Å²) in [6.45, 7) is 10.6. The normalized spacial score (nSPS) is 33.4. The van der Waals surface area contributed by atoms with Gasteiger partial charge in [0.25, 0.3) is 0 Å². The first-order chi connectivity index (χ1) is 9.86. The van der Waals surface area contributed by atoms with Gasteiger partial charge >= 0.3 is 0 Å². The SMILES string of the molecule is CCOC1CC(N2C(=O)C(C(C)C)NC(=O)C2C(C)C)C1. The zero-order valence-corrected chi connectivity index (χ0v) is 13.8. The Morgan fingerprint density at radius 2 is 1.81 bits per heavy atom. The van der Waals surface area contributed by atoms with Gasteiger partial charge < -0.3 is 15.0 Å². The van der Waals surface area contributed by atoms with E-state index in [1.54, 1.807) is 0 Å². The van der Waals surface area contributed by atoms with E-state index < -0.39 is 6.04 Å². The Labute approximate surface area is 127 Å². The van der Waals surface area contributed by atoms with Crippen molar-refractivity contribution in [2.45, 2.75) is 71.7 Å². The fourth-order valence-corrected chi connectivity index (χ4v) is 3.34. The highest BCUT2D eigenvalue weighted by Crippen LogP contribution is 2.34. The summed E-state index contributed by atoms with van der Waals surface area (Å²) in [5.41, 5.74) is 0. The van der Waals surface area contributed by atoms with Crippen LogP contribution in [0.25, 0.3) is 0 Å². The van der Waals surface area contributed by atoms with Crippen molar-refractivity contribution in [1.29, 1.82) is 0 Å². The molecule has 2 atom stereocenters. The first-order valence-electron chi connectivity index (χ1n) is 8.10. The van der Waals surface area contributed by atoms with E-state index in [0.29, 0.717) is 6.61 Å². The predicted octanol–water partition coefficient (Wildman–Crippen LogP) is 1.56. The van der Waals surface area contributed by atoms with Crippen molar-refractivity contribution in [2.75, 3.05) is 6.61 Å². The quantitative estimate of drug-likeness (QED) is 0.837. The maximum Gasteiger partial charge on any atom is 0.246 e. The molecule has 120 valence electrons. The molecule has 1 N–H and O–H groups in total. The minimum atomic E-state index is -0.390. The molecule has 0 spiro atoms. The lowest BCUT2D eigenvalue weighted by Gasteiger charge is -2.50. The Balaban J connectivity index is 2.16. The van der Waals surface area contributed by atoms with E-state index in [1.165, 1.54) is 0 Å². The van der Waals surface area contributed by atoms with E-state index in [-0.39, 0.29) is 41.8 Å². The summed E-state index contributed by atoms with van der Waals surface area (Å²) in [4.78, 5) is 27.1. The Morgan fingerprint density at radius 3 is 2.29 bits per heavy atom. The molecular weight excluding hydrogens is 268 g/mol. The molecule has 1 aliphatic carbocycles. The minimum Gasteiger partial charge on any atom is -0.378 e. The molecule has 2 unspecified atom stereocenters. The van der Waals surface area contributed by atoms with Gasteiger partial charge in [-0.15, -0.1) is 0 Å². The molecule has 0 radical (unpaired) electrons. The van der Waals surface area contributed by atoms with E-state index in [1.807, 2.05) is 39.5 Å². The van der Waals surface area contributed by atoms with Crippen LogP contribution in [0, 0.1) is 11.8 Å². The molecular formula is C16H28N2O3. The van der Waals surface area contributed by atoms with Gasteiger partial charge in [0.1, 0.15) is 12.1 Å². The molecule has 2 amide bonds. The average molecular weight is 296 g/mol. The molecule has 0 aromatic carbocycles. The summed E-state index contributed by atoms with van der Waals surface area (Å²) in [6, 6.07) is -0.590. The first-order valence-corrected chi connectivity index (χ1v) is 8.10. The Kier molecular flexibility index (Phi) is 4.91. The second-order valence-corrected chi connectivity index (χ2v) is 6.87. The molecule has 21 heavy (non-hydrogen) atoms. The van der Waals surface area contributed by atoms with Crippen LogP contribution in [0.5, 0.6) is 0 Å². The summed E-state index contributed by atoms with van der Waals surface area (Å²) in [5.74, 6) is 0.291. The largest absolute Gasteiger partial charge is 0.378 e. The highest BCUT2D eigenvalue weighted by Gasteiger charge is 2.49. The van der Waals surface area contributed by atoms with Crippen molar-refractivity contribution in [1.82, 2.24) is 10.2 Å². The van der Waals surface area contributed by atoms with Crippen LogP contribution in [-0.2, 0) is 14.3 Å². The number of carbonyl (C=O) groups is 2. The zero-order valence-electron chi connectivity index (χ0n) is 13.8. The molecule has 5 heteroatoms. The topological polar surface area (TPSA) is 58.6 Å². The van der Waals surface area contributed by atoms with Crippen LogP contribution in [0.15, 0.2) is 0 Å². The van der Waals surface area contributed by atoms with E-state index in [2.05, 4.69) is 5.32 Å². The van der Waals surface area contributed by atoms with Gasteiger partial charge in [-0.3, -0.25) is 9.59 Å². The van der Waals surface area contributed by atoms with Gasteiger partial charge in [-0.05, 0) is 31.6 Å². The van der Waals surface area contributed by atoms with Crippen molar-refractivity contribution in [3.8, 4) is 0 Å². The number of nitrogens with one attached hydrogen (secondary N) is 1. The minimum absolute atomic E-state index is 0.0110. The van der Waals surface area contributed by atoms with E-state index in [0.717, 1.165) is 12.8 Å². The van der Waals surface area contributed by atoms with Crippen molar-refractivity contribution >= 4 is 11.8 Å². The fourth-order valence-electron chi connectivity index (χ4n) is 3.34. The second-order valence-electron chi connectivity index (χ2n) is 6.87. The molecule has 1 saturated carbocycles. The fraction of sp³-hybridized carbons (Fsp3) is 0.875. The third kappa shape index (κ3) is 3.07. The monoisotopic (exact) mass is 296 g/mol. The number of rotatable bonds is 5. The molecule has 2 fully saturated rings. The van der Waals surface area contributed by atoms with Gasteiger partial charge in [0.2, 0.25) is 11.8 Å². The average Bonchev–Trinajstić information content (AvgIpc) is 2.35. The summed E-state index contributed by atoms with van der Waals surface area (Å²) in [5, 5.41) is 2.91. The van der Waals surface area contributed by atoms with Crippen LogP contribution < -0.4 is 5.32 Å². The van der Waals surface area contributed by atoms with Crippen LogP contribution in [0.3, 0.4) is 0 Å². The summed E-state index contributed by atoms with van der Waals surface area (Å²) in [6.07, 6.45) is 1.94. The summed E-state index contributed by atoms with van der Waals surface area (Å²) >= 11 is 0. The van der Waals surface area contributed by atoms with Gasteiger partial charge in [-0.1, -0.05) is 27.7 Å². The van der Waals surface area contributed by atoms with Crippen molar-refractivity contribution < 1.29 is 14.3 Å². The smallest absolute Gasteiger partial charge is 0.246 e. The third-order valence-electron chi connectivity index (χ3n) is 4.55. The molecule has 2 aliphatic rings. The molecule has 0 aromatic rings. The number of ether oxygens (including phenoxy) is 1. The molecule has 0 aromatic heterocycles. The van der Waals surface area contributed by atoms with Crippen LogP contribution in [0.1, 0.15) is 47.5 Å². The van der Waals surface area contributed by atoms with E-state index in [9.17, 15) is 9.59 Å². The van der Waals surface area contributed by atoms with Gasteiger partial charge in [0.15, 0.2) is 0 Å². The predicted molar refractivity (Wildman–Crippen MR) is 80.7 cm³/mol. The Hall–Kier alpha value is -1.10. The molecule has 5 nitrogen and oxygen atoms in total. The van der Waals surface area contributed by atoms with Crippen molar-refractivity contribution in [3.63, 3.8) is 0 Å².